The van der Waals surface area contributed by atoms with Crippen LogP contribution < -0.4 is 5.32 Å². The molecule has 0 radical (unpaired) electrons. The summed E-state index contributed by atoms with van der Waals surface area (Å²) < 4.78 is 12.6. The second kappa shape index (κ2) is 4.79. The third kappa shape index (κ3) is 2.17. The van der Waals surface area contributed by atoms with Gasteiger partial charge in [-0.15, -0.1) is 0 Å². The fourth-order valence-electron chi connectivity index (χ4n) is 2.09. The second-order valence-corrected chi connectivity index (χ2v) is 6.04. The normalized spacial score (nSPS) is 14.9. The minimum Gasteiger partial charge on any atom is -0.324 e. The van der Waals surface area contributed by atoms with Crippen molar-refractivity contribution < 1.29 is 9.00 Å². The number of carbonyl (C=O) groups excluding carboxylic acids is 1. The zero-order valence-corrected chi connectivity index (χ0v) is 11.4. The Balaban J connectivity index is 2.10. The van der Waals surface area contributed by atoms with Crippen molar-refractivity contribution >= 4 is 34.0 Å². The first-order valence-corrected chi connectivity index (χ1v) is 7.27. The van der Waals surface area contributed by atoms with Crippen LogP contribution in [0.4, 0.5) is 5.69 Å². The van der Waals surface area contributed by atoms with Crippen LogP contribution in [0.25, 0.3) is 0 Å². The highest BCUT2D eigenvalue weighted by Gasteiger charge is 2.24. The zero-order chi connectivity index (χ0) is 13.4. The van der Waals surface area contributed by atoms with Gasteiger partial charge >= 0.3 is 0 Å². The van der Waals surface area contributed by atoms with Crippen LogP contribution in [-0.4, -0.2) is 10.1 Å². The molecular formula is C14H10ClNO2S. The molecule has 3 rings (SSSR count). The molecule has 96 valence electrons. The van der Waals surface area contributed by atoms with Crippen molar-refractivity contribution in [1.82, 2.24) is 0 Å². The lowest BCUT2D eigenvalue weighted by Crippen LogP contribution is -2.05. The topological polar surface area (TPSA) is 46.2 Å². The molecule has 0 bridgehead atoms. The predicted octanol–water partition coefficient (Wildman–Crippen LogP) is 3.00. The largest absolute Gasteiger partial charge is 0.324 e. The summed E-state index contributed by atoms with van der Waals surface area (Å²) in [6, 6.07) is 12.4. The Labute approximate surface area is 118 Å². The summed E-state index contributed by atoms with van der Waals surface area (Å²) in [5, 5.41) is 3.22. The molecule has 0 aliphatic carbocycles. The van der Waals surface area contributed by atoms with E-state index in [0.717, 1.165) is 5.56 Å². The maximum atomic E-state index is 12.6. The Morgan fingerprint density at radius 1 is 1.05 bits per heavy atom. The highest BCUT2D eigenvalue weighted by molar-refractivity contribution is 7.85. The van der Waals surface area contributed by atoms with Crippen molar-refractivity contribution in [2.75, 3.05) is 5.32 Å². The monoisotopic (exact) mass is 291 g/mol. The molecule has 0 fully saturated rings. The number of carbonyl (C=O) groups is 1. The van der Waals surface area contributed by atoms with Crippen LogP contribution in [0.15, 0.2) is 52.3 Å². The van der Waals surface area contributed by atoms with Gasteiger partial charge in [-0.2, -0.15) is 0 Å². The summed E-state index contributed by atoms with van der Waals surface area (Å²) >= 11 is 6.07. The van der Waals surface area contributed by atoms with Gasteiger partial charge in [-0.3, -0.25) is 4.79 Å². The Hall–Kier alpha value is -1.65. The Morgan fingerprint density at radius 3 is 2.58 bits per heavy atom. The van der Waals surface area contributed by atoms with Gasteiger partial charge in [0.25, 0.3) is 0 Å². The number of fused-ring (bicyclic) bond motifs is 1. The lowest BCUT2D eigenvalue weighted by Gasteiger charge is -2.09. The van der Waals surface area contributed by atoms with E-state index in [4.69, 9.17) is 11.6 Å². The van der Waals surface area contributed by atoms with E-state index in [-0.39, 0.29) is 5.91 Å². The van der Waals surface area contributed by atoms with E-state index in [1.165, 1.54) is 0 Å². The average molecular weight is 292 g/mol. The molecule has 1 heterocycles. The van der Waals surface area contributed by atoms with Gasteiger partial charge in [-0.25, -0.2) is 4.21 Å². The molecule has 0 saturated heterocycles. The quantitative estimate of drug-likeness (QED) is 0.924. The minimum atomic E-state index is -1.40. The van der Waals surface area contributed by atoms with E-state index >= 15 is 0 Å². The summed E-state index contributed by atoms with van der Waals surface area (Å²) in [4.78, 5) is 12.6. The van der Waals surface area contributed by atoms with Crippen LogP contribution in [0.1, 0.15) is 5.56 Å². The first-order valence-electron chi connectivity index (χ1n) is 5.75. The molecule has 1 atom stereocenters. The number of amides is 1. The van der Waals surface area contributed by atoms with Gasteiger partial charge in [0.2, 0.25) is 5.91 Å². The van der Waals surface area contributed by atoms with Crippen molar-refractivity contribution in [1.29, 1.82) is 0 Å². The maximum Gasteiger partial charge on any atom is 0.228 e. The van der Waals surface area contributed by atoms with Crippen molar-refractivity contribution in [2.45, 2.75) is 16.2 Å². The lowest BCUT2D eigenvalue weighted by atomic mass is 10.2. The van der Waals surface area contributed by atoms with E-state index in [1.807, 2.05) is 12.1 Å². The van der Waals surface area contributed by atoms with Crippen molar-refractivity contribution in [3.8, 4) is 0 Å². The number of benzene rings is 2. The Bertz CT molecular complexity index is 700. The fourth-order valence-corrected chi connectivity index (χ4v) is 3.69. The van der Waals surface area contributed by atoms with Gasteiger partial charge in [-0.05, 0) is 23.8 Å². The maximum absolute atomic E-state index is 12.6. The molecule has 0 spiro atoms. The SMILES string of the molecule is O=C1Cc2cccc(S(=O)c3ccccc3Cl)c2N1. The molecule has 19 heavy (non-hydrogen) atoms. The van der Waals surface area contributed by atoms with Crippen LogP contribution in [0, 0.1) is 0 Å². The molecular weight excluding hydrogens is 282 g/mol. The van der Waals surface area contributed by atoms with Gasteiger partial charge in [-0.1, -0.05) is 35.9 Å². The molecule has 1 unspecified atom stereocenters. The van der Waals surface area contributed by atoms with Gasteiger partial charge < -0.3 is 5.32 Å². The standard InChI is InChI=1S/C14H10ClNO2S/c15-10-5-1-2-6-11(10)19(18)12-7-3-4-9-8-13(17)16-14(9)12/h1-7H,8H2,(H,16,17). The van der Waals surface area contributed by atoms with Crippen LogP contribution in [0.3, 0.4) is 0 Å². The first kappa shape index (κ1) is 12.4. The molecule has 2 aromatic carbocycles. The van der Waals surface area contributed by atoms with Gasteiger partial charge in [0.05, 0.1) is 37.7 Å². The second-order valence-electron chi connectivity index (χ2n) is 4.21. The molecule has 1 amide bonds. The molecule has 0 aromatic heterocycles. The van der Waals surface area contributed by atoms with E-state index < -0.39 is 10.8 Å². The number of rotatable bonds is 2. The minimum absolute atomic E-state index is 0.0707. The molecule has 5 heteroatoms. The number of hydrogen-bond donors (Lipinski definition) is 1. The van der Waals surface area contributed by atoms with Gasteiger partial charge in [0, 0.05) is 0 Å². The van der Waals surface area contributed by atoms with Crippen molar-refractivity contribution in [3.05, 3.63) is 53.1 Å². The third-order valence-electron chi connectivity index (χ3n) is 2.96. The van der Waals surface area contributed by atoms with E-state index in [0.29, 0.717) is 26.9 Å². The summed E-state index contributed by atoms with van der Waals surface area (Å²) in [6.07, 6.45) is 0.336. The smallest absolute Gasteiger partial charge is 0.228 e. The summed E-state index contributed by atoms with van der Waals surface area (Å²) in [5.41, 5.74) is 1.54. The molecule has 1 aliphatic heterocycles. The number of para-hydroxylation sites is 1. The highest BCUT2D eigenvalue weighted by atomic mass is 35.5. The number of anilines is 1. The van der Waals surface area contributed by atoms with Gasteiger partial charge in [0.1, 0.15) is 0 Å². The van der Waals surface area contributed by atoms with Crippen molar-refractivity contribution in [3.63, 3.8) is 0 Å². The molecule has 1 aliphatic rings. The van der Waals surface area contributed by atoms with Crippen LogP contribution in [-0.2, 0) is 22.0 Å². The highest BCUT2D eigenvalue weighted by Crippen LogP contribution is 2.33. The number of halogens is 1. The van der Waals surface area contributed by atoms with Crippen LogP contribution >= 0.6 is 11.6 Å². The lowest BCUT2D eigenvalue weighted by molar-refractivity contribution is -0.115. The Kier molecular flexibility index (Phi) is 3.12. The van der Waals surface area contributed by atoms with Crippen LogP contribution in [0.5, 0.6) is 0 Å². The fraction of sp³-hybridized carbons (Fsp3) is 0.0714. The molecule has 1 N–H and O–H groups in total. The molecule has 3 nitrogen and oxygen atoms in total. The van der Waals surface area contributed by atoms with Crippen molar-refractivity contribution in [2.24, 2.45) is 0 Å². The Morgan fingerprint density at radius 2 is 1.79 bits per heavy atom. The van der Waals surface area contributed by atoms with E-state index in [2.05, 4.69) is 5.32 Å². The summed E-state index contributed by atoms with van der Waals surface area (Å²) in [5.74, 6) is -0.0707. The number of nitrogens with one attached hydrogen (secondary N) is 1. The summed E-state index contributed by atoms with van der Waals surface area (Å²) in [6.45, 7) is 0. The van der Waals surface area contributed by atoms with Crippen LogP contribution in [0.2, 0.25) is 5.02 Å². The molecule has 2 aromatic rings. The third-order valence-corrected chi connectivity index (χ3v) is 4.90. The average Bonchev–Trinajstić information content (AvgIpc) is 2.78. The number of hydrogen-bond acceptors (Lipinski definition) is 2. The zero-order valence-electron chi connectivity index (χ0n) is 9.85. The predicted molar refractivity (Wildman–Crippen MR) is 74.9 cm³/mol. The first-order chi connectivity index (χ1) is 9.16. The summed E-state index contributed by atoms with van der Waals surface area (Å²) in [7, 11) is -1.40. The molecule has 0 saturated carbocycles. The van der Waals surface area contributed by atoms with Gasteiger partial charge in [0.15, 0.2) is 0 Å². The van der Waals surface area contributed by atoms with E-state index in [1.54, 1.807) is 30.3 Å². The van der Waals surface area contributed by atoms with E-state index in [9.17, 15) is 9.00 Å².